The first-order valence-corrected chi connectivity index (χ1v) is 8.34. The number of amides is 3. The van der Waals surface area contributed by atoms with Gasteiger partial charge < -0.3 is 10.2 Å². The Hall–Kier alpha value is -2.09. The Labute approximate surface area is 144 Å². The zero-order valence-electron chi connectivity index (χ0n) is 13.9. The second-order valence-electron chi connectivity index (χ2n) is 6.41. The third-order valence-electron chi connectivity index (χ3n) is 4.29. The molecule has 1 heterocycles. The summed E-state index contributed by atoms with van der Waals surface area (Å²) in [6, 6.07) is 9.12. The molecule has 0 atom stereocenters. The summed E-state index contributed by atoms with van der Waals surface area (Å²) in [5.74, 6) is 0.0143. The summed E-state index contributed by atoms with van der Waals surface area (Å²) < 4.78 is 36.0. The number of nitrogens with one attached hydrogen (secondary N) is 3. The van der Waals surface area contributed by atoms with Crippen molar-refractivity contribution in [3.8, 4) is 0 Å². The first kappa shape index (κ1) is 19.2. The van der Waals surface area contributed by atoms with Crippen LogP contribution in [0.15, 0.2) is 30.3 Å². The Morgan fingerprint density at radius 1 is 1.12 bits per heavy atom. The predicted octanol–water partition coefficient (Wildman–Crippen LogP) is 0.912. The Morgan fingerprint density at radius 2 is 1.76 bits per heavy atom. The second-order valence-corrected chi connectivity index (χ2v) is 6.41. The SMILES string of the molecule is O=C(C[NH+]1CCC(Cc2ccccc2)CC1)NC(=O)NCC(F)(F)F. The normalized spacial score (nSPS) is 20.8. The molecule has 1 fully saturated rings. The fourth-order valence-electron chi connectivity index (χ4n) is 3.04. The molecule has 1 aliphatic rings. The van der Waals surface area contributed by atoms with E-state index in [0.717, 1.165) is 37.3 Å². The molecule has 1 saturated heterocycles. The second kappa shape index (κ2) is 8.84. The fraction of sp³-hybridized carbons (Fsp3) is 0.529. The van der Waals surface area contributed by atoms with Crippen molar-refractivity contribution in [3.05, 3.63) is 35.9 Å². The molecule has 138 valence electrons. The molecule has 8 heteroatoms. The van der Waals surface area contributed by atoms with Gasteiger partial charge in [0.15, 0.2) is 6.54 Å². The summed E-state index contributed by atoms with van der Waals surface area (Å²) in [6.45, 7) is 0.269. The van der Waals surface area contributed by atoms with Crippen LogP contribution in [0.5, 0.6) is 0 Å². The number of piperidine rings is 1. The van der Waals surface area contributed by atoms with Crippen LogP contribution in [-0.2, 0) is 11.2 Å². The topological polar surface area (TPSA) is 62.6 Å². The molecule has 0 saturated carbocycles. The van der Waals surface area contributed by atoms with Crippen molar-refractivity contribution in [1.29, 1.82) is 0 Å². The molecule has 0 unspecified atom stereocenters. The van der Waals surface area contributed by atoms with Crippen LogP contribution in [0.4, 0.5) is 18.0 Å². The van der Waals surface area contributed by atoms with Crippen molar-refractivity contribution in [1.82, 2.24) is 10.6 Å². The zero-order valence-corrected chi connectivity index (χ0v) is 13.9. The van der Waals surface area contributed by atoms with Crippen LogP contribution in [0.1, 0.15) is 18.4 Å². The Morgan fingerprint density at radius 3 is 2.36 bits per heavy atom. The summed E-state index contributed by atoms with van der Waals surface area (Å²) >= 11 is 0. The molecule has 3 amide bonds. The number of halogens is 3. The molecular formula is C17H23F3N3O2+. The van der Waals surface area contributed by atoms with Gasteiger partial charge in [-0.3, -0.25) is 10.1 Å². The van der Waals surface area contributed by atoms with Crippen molar-refractivity contribution in [3.63, 3.8) is 0 Å². The minimum absolute atomic E-state index is 0.0947. The third kappa shape index (κ3) is 7.55. The number of hydrogen-bond donors (Lipinski definition) is 3. The summed E-state index contributed by atoms with van der Waals surface area (Å²) in [5, 5.41) is 3.56. The predicted molar refractivity (Wildman–Crippen MR) is 86.0 cm³/mol. The van der Waals surface area contributed by atoms with E-state index in [-0.39, 0.29) is 6.54 Å². The van der Waals surface area contributed by atoms with Gasteiger partial charge in [0.1, 0.15) is 6.54 Å². The number of hydrogen-bond acceptors (Lipinski definition) is 2. The van der Waals surface area contributed by atoms with E-state index >= 15 is 0 Å². The highest BCUT2D eigenvalue weighted by Gasteiger charge is 2.28. The van der Waals surface area contributed by atoms with Crippen molar-refractivity contribution >= 4 is 11.9 Å². The molecule has 0 radical (unpaired) electrons. The molecule has 5 nitrogen and oxygen atoms in total. The number of rotatable bonds is 5. The molecule has 0 aromatic heterocycles. The number of likely N-dealkylation sites (tertiary alicyclic amines) is 1. The molecule has 25 heavy (non-hydrogen) atoms. The van der Waals surface area contributed by atoms with Gasteiger partial charge in [0.2, 0.25) is 0 Å². The average Bonchev–Trinajstić information content (AvgIpc) is 2.55. The molecule has 2 rings (SSSR count). The largest absolute Gasteiger partial charge is 0.405 e. The van der Waals surface area contributed by atoms with Gasteiger partial charge in [0.05, 0.1) is 13.1 Å². The lowest BCUT2D eigenvalue weighted by atomic mass is 9.90. The van der Waals surface area contributed by atoms with E-state index in [0.29, 0.717) is 5.92 Å². The number of carbonyl (C=O) groups is 2. The smallest absolute Gasteiger partial charge is 0.329 e. The molecule has 0 bridgehead atoms. The van der Waals surface area contributed by atoms with Gasteiger partial charge in [-0.1, -0.05) is 30.3 Å². The standard InChI is InChI=1S/C17H22F3N3O2/c18-17(19,20)12-21-16(25)22-15(24)11-23-8-6-14(7-9-23)10-13-4-2-1-3-5-13/h1-5,14H,6-12H2,(H2,21,22,24,25)/p+1. The first-order chi connectivity index (χ1) is 11.8. The van der Waals surface area contributed by atoms with Crippen molar-refractivity contribution in [2.24, 2.45) is 5.92 Å². The van der Waals surface area contributed by atoms with E-state index in [4.69, 9.17) is 0 Å². The van der Waals surface area contributed by atoms with Gasteiger partial charge in [0.25, 0.3) is 5.91 Å². The summed E-state index contributed by atoms with van der Waals surface area (Å²) in [5.41, 5.74) is 1.30. The lowest BCUT2D eigenvalue weighted by Crippen LogP contribution is -3.14. The molecule has 0 aliphatic carbocycles. The first-order valence-electron chi connectivity index (χ1n) is 8.34. The molecule has 1 aromatic rings. The maximum Gasteiger partial charge on any atom is 0.405 e. The highest BCUT2D eigenvalue weighted by molar-refractivity contribution is 5.94. The van der Waals surface area contributed by atoms with Gasteiger partial charge in [-0.05, 0) is 30.7 Å². The van der Waals surface area contributed by atoms with Crippen LogP contribution in [-0.4, -0.2) is 44.3 Å². The Balaban J connectivity index is 1.65. The van der Waals surface area contributed by atoms with Crippen LogP contribution < -0.4 is 15.5 Å². The molecule has 1 aromatic carbocycles. The van der Waals surface area contributed by atoms with E-state index in [1.165, 1.54) is 5.56 Å². The van der Waals surface area contributed by atoms with Crippen molar-refractivity contribution in [2.45, 2.75) is 25.4 Å². The summed E-state index contributed by atoms with van der Waals surface area (Å²) in [4.78, 5) is 24.0. The lowest BCUT2D eigenvalue weighted by Gasteiger charge is -2.28. The molecular weight excluding hydrogens is 335 g/mol. The maximum absolute atomic E-state index is 12.0. The number of alkyl halides is 3. The average molecular weight is 358 g/mol. The monoisotopic (exact) mass is 358 g/mol. The van der Waals surface area contributed by atoms with Gasteiger partial charge in [0, 0.05) is 0 Å². The number of benzene rings is 1. The maximum atomic E-state index is 12.0. The highest BCUT2D eigenvalue weighted by Crippen LogP contribution is 2.16. The van der Waals surface area contributed by atoms with E-state index in [9.17, 15) is 22.8 Å². The number of quaternary nitrogens is 1. The number of imide groups is 1. The highest BCUT2D eigenvalue weighted by atomic mass is 19.4. The van der Waals surface area contributed by atoms with Gasteiger partial charge >= 0.3 is 12.2 Å². The van der Waals surface area contributed by atoms with Crippen molar-refractivity contribution in [2.75, 3.05) is 26.2 Å². The zero-order chi connectivity index (χ0) is 18.3. The number of urea groups is 1. The molecule has 1 aliphatic heterocycles. The van der Waals surface area contributed by atoms with E-state index in [1.807, 2.05) is 23.5 Å². The quantitative estimate of drug-likeness (QED) is 0.733. The van der Waals surface area contributed by atoms with E-state index in [2.05, 4.69) is 12.1 Å². The fourth-order valence-corrected chi connectivity index (χ4v) is 3.04. The molecule has 0 spiro atoms. The van der Waals surface area contributed by atoms with Crippen LogP contribution in [0, 0.1) is 5.92 Å². The van der Waals surface area contributed by atoms with Gasteiger partial charge in [-0.15, -0.1) is 0 Å². The Kier molecular flexibility index (Phi) is 6.81. The minimum atomic E-state index is -4.49. The van der Waals surface area contributed by atoms with Gasteiger partial charge in [-0.2, -0.15) is 13.2 Å². The van der Waals surface area contributed by atoms with Gasteiger partial charge in [-0.25, -0.2) is 4.79 Å². The van der Waals surface area contributed by atoms with Crippen LogP contribution in [0.2, 0.25) is 0 Å². The van der Waals surface area contributed by atoms with E-state index < -0.39 is 24.7 Å². The van der Waals surface area contributed by atoms with Crippen LogP contribution in [0.3, 0.4) is 0 Å². The third-order valence-corrected chi connectivity index (χ3v) is 4.29. The van der Waals surface area contributed by atoms with Crippen molar-refractivity contribution < 1.29 is 27.7 Å². The molecule has 3 N–H and O–H groups in total. The number of carbonyl (C=O) groups excluding carboxylic acids is 2. The van der Waals surface area contributed by atoms with Crippen LogP contribution >= 0.6 is 0 Å². The van der Waals surface area contributed by atoms with E-state index in [1.54, 1.807) is 5.32 Å². The van der Waals surface area contributed by atoms with Crippen LogP contribution in [0.25, 0.3) is 0 Å². The lowest BCUT2D eigenvalue weighted by molar-refractivity contribution is -0.898. The Bertz CT molecular complexity index is 570. The minimum Gasteiger partial charge on any atom is -0.329 e. The summed E-state index contributed by atoms with van der Waals surface area (Å²) in [7, 11) is 0. The summed E-state index contributed by atoms with van der Waals surface area (Å²) in [6.07, 6.45) is -1.51.